The van der Waals surface area contributed by atoms with Gasteiger partial charge in [-0.25, -0.2) is 0 Å². The molecule has 104 valence electrons. The number of aromatic nitrogens is 1. The summed E-state index contributed by atoms with van der Waals surface area (Å²) in [5.74, 6) is 0. The van der Waals surface area contributed by atoms with Crippen molar-refractivity contribution in [3.63, 3.8) is 0 Å². The van der Waals surface area contributed by atoms with E-state index in [9.17, 15) is 10.1 Å². The van der Waals surface area contributed by atoms with Gasteiger partial charge in [0.25, 0.3) is 5.69 Å². The van der Waals surface area contributed by atoms with Gasteiger partial charge in [0, 0.05) is 24.4 Å². The molecule has 0 saturated heterocycles. The van der Waals surface area contributed by atoms with Crippen LogP contribution in [0.4, 0.5) is 5.69 Å². The van der Waals surface area contributed by atoms with E-state index in [1.807, 2.05) is 18.2 Å². The number of nitro groups is 1. The van der Waals surface area contributed by atoms with Crippen LogP contribution in [-0.2, 0) is 6.42 Å². The van der Waals surface area contributed by atoms with E-state index < -0.39 is 0 Å². The van der Waals surface area contributed by atoms with Gasteiger partial charge in [0.2, 0.25) is 0 Å². The van der Waals surface area contributed by atoms with Gasteiger partial charge in [-0.2, -0.15) is 0 Å². The number of nitro benzene ring substituents is 1. The first-order chi connectivity index (χ1) is 9.66. The lowest BCUT2D eigenvalue weighted by atomic mass is 10.1. The summed E-state index contributed by atoms with van der Waals surface area (Å²) in [7, 11) is 0. The first-order valence-corrected chi connectivity index (χ1v) is 6.54. The van der Waals surface area contributed by atoms with Crippen LogP contribution in [0.3, 0.4) is 0 Å². The predicted octanol–water partition coefficient (Wildman–Crippen LogP) is 2.88. The maximum atomic E-state index is 10.6. The van der Waals surface area contributed by atoms with E-state index >= 15 is 0 Å². The van der Waals surface area contributed by atoms with Crippen LogP contribution in [0.25, 0.3) is 0 Å². The van der Waals surface area contributed by atoms with Crippen LogP contribution in [0, 0.1) is 10.1 Å². The summed E-state index contributed by atoms with van der Waals surface area (Å²) < 4.78 is 0. The molecule has 20 heavy (non-hydrogen) atoms. The molecule has 1 aromatic carbocycles. The molecular formula is C15H17N3O2. The SMILES string of the molecule is CC(NCCc1ccc([N+](=O)[O-])cc1)c1ccccn1. The Morgan fingerprint density at radius 2 is 2.00 bits per heavy atom. The van der Waals surface area contributed by atoms with Gasteiger partial charge in [-0.3, -0.25) is 15.1 Å². The molecule has 0 bridgehead atoms. The molecule has 0 radical (unpaired) electrons. The minimum absolute atomic E-state index is 0.128. The van der Waals surface area contributed by atoms with Crippen molar-refractivity contribution in [3.8, 4) is 0 Å². The van der Waals surface area contributed by atoms with Crippen molar-refractivity contribution in [1.29, 1.82) is 0 Å². The number of pyridine rings is 1. The number of benzene rings is 1. The van der Waals surface area contributed by atoms with E-state index in [1.165, 1.54) is 12.1 Å². The van der Waals surface area contributed by atoms with E-state index in [2.05, 4.69) is 17.2 Å². The molecule has 1 N–H and O–H groups in total. The van der Waals surface area contributed by atoms with Crippen LogP contribution in [0.1, 0.15) is 24.2 Å². The highest BCUT2D eigenvalue weighted by Gasteiger charge is 2.06. The van der Waals surface area contributed by atoms with Crippen LogP contribution in [-0.4, -0.2) is 16.5 Å². The van der Waals surface area contributed by atoms with Crippen molar-refractivity contribution < 1.29 is 4.92 Å². The monoisotopic (exact) mass is 271 g/mol. The summed E-state index contributed by atoms with van der Waals surface area (Å²) in [6.45, 7) is 2.87. The quantitative estimate of drug-likeness (QED) is 0.648. The maximum Gasteiger partial charge on any atom is 0.269 e. The fourth-order valence-corrected chi connectivity index (χ4v) is 1.95. The lowest BCUT2D eigenvalue weighted by molar-refractivity contribution is -0.384. The van der Waals surface area contributed by atoms with Crippen molar-refractivity contribution in [2.24, 2.45) is 0 Å². The van der Waals surface area contributed by atoms with Crippen LogP contribution in [0.2, 0.25) is 0 Å². The topological polar surface area (TPSA) is 68.1 Å². The Balaban J connectivity index is 1.82. The molecule has 0 aliphatic rings. The number of nitrogens with one attached hydrogen (secondary N) is 1. The average molecular weight is 271 g/mol. The van der Waals surface area contributed by atoms with Gasteiger partial charge in [-0.15, -0.1) is 0 Å². The minimum Gasteiger partial charge on any atom is -0.309 e. The molecule has 2 rings (SSSR count). The summed E-state index contributed by atoms with van der Waals surface area (Å²) in [5.41, 5.74) is 2.22. The Hall–Kier alpha value is -2.27. The summed E-state index contributed by atoms with van der Waals surface area (Å²) in [6, 6.07) is 12.7. The molecule has 0 spiro atoms. The zero-order valence-electron chi connectivity index (χ0n) is 11.3. The van der Waals surface area contributed by atoms with Crippen molar-refractivity contribution in [3.05, 3.63) is 70.0 Å². The molecule has 5 heteroatoms. The van der Waals surface area contributed by atoms with E-state index in [0.717, 1.165) is 24.2 Å². The van der Waals surface area contributed by atoms with Gasteiger partial charge in [-0.05, 0) is 37.6 Å². The number of hydrogen-bond donors (Lipinski definition) is 1. The van der Waals surface area contributed by atoms with Gasteiger partial charge in [-0.1, -0.05) is 18.2 Å². The standard InChI is InChI=1S/C15H17N3O2/c1-12(15-4-2-3-10-17-15)16-11-9-13-5-7-14(8-6-13)18(19)20/h2-8,10,12,16H,9,11H2,1H3. The van der Waals surface area contributed by atoms with Crippen LogP contribution in [0.15, 0.2) is 48.7 Å². The van der Waals surface area contributed by atoms with E-state index in [-0.39, 0.29) is 16.7 Å². The molecular weight excluding hydrogens is 254 g/mol. The number of rotatable bonds is 6. The normalized spacial score (nSPS) is 12.1. The Morgan fingerprint density at radius 3 is 2.60 bits per heavy atom. The summed E-state index contributed by atoms with van der Waals surface area (Å²) in [5, 5.41) is 13.9. The van der Waals surface area contributed by atoms with Crippen LogP contribution < -0.4 is 5.32 Å². The second kappa shape index (κ2) is 6.77. The third-order valence-electron chi connectivity index (χ3n) is 3.14. The molecule has 1 heterocycles. The Bertz CT molecular complexity index is 555. The van der Waals surface area contributed by atoms with Gasteiger partial charge < -0.3 is 5.32 Å². The van der Waals surface area contributed by atoms with Crippen LogP contribution >= 0.6 is 0 Å². The first kappa shape index (κ1) is 14.1. The average Bonchev–Trinajstić information content (AvgIpc) is 2.48. The second-order valence-electron chi connectivity index (χ2n) is 4.60. The highest BCUT2D eigenvalue weighted by atomic mass is 16.6. The summed E-state index contributed by atoms with van der Waals surface area (Å²) >= 11 is 0. The van der Waals surface area contributed by atoms with Gasteiger partial charge in [0.1, 0.15) is 0 Å². The molecule has 0 aliphatic carbocycles. The smallest absolute Gasteiger partial charge is 0.269 e. The Morgan fingerprint density at radius 1 is 1.25 bits per heavy atom. The van der Waals surface area contributed by atoms with Crippen molar-refractivity contribution in [2.45, 2.75) is 19.4 Å². The highest BCUT2D eigenvalue weighted by Crippen LogP contribution is 2.12. The molecule has 5 nitrogen and oxygen atoms in total. The highest BCUT2D eigenvalue weighted by molar-refractivity contribution is 5.32. The van der Waals surface area contributed by atoms with Gasteiger partial charge in [0.15, 0.2) is 0 Å². The molecule has 0 fully saturated rings. The first-order valence-electron chi connectivity index (χ1n) is 6.54. The Labute approximate surface area is 117 Å². The molecule has 0 amide bonds. The second-order valence-corrected chi connectivity index (χ2v) is 4.60. The lowest BCUT2D eigenvalue weighted by Crippen LogP contribution is -2.22. The molecule has 0 aliphatic heterocycles. The largest absolute Gasteiger partial charge is 0.309 e. The molecule has 1 aromatic heterocycles. The lowest BCUT2D eigenvalue weighted by Gasteiger charge is -2.12. The molecule has 0 saturated carbocycles. The van der Waals surface area contributed by atoms with E-state index in [4.69, 9.17) is 0 Å². The zero-order chi connectivity index (χ0) is 14.4. The minimum atomic E-state index is -0.384. The summed E-state index contributed by atoms with van der Waals surface area (Å²) in [6.07, 6.45) is 2.61. The number of nitrogens with zero attached hydrogens (tertiary/aromatic N) is 2. The van der Waals surface area contributed by atoms with Crippen molar-refractivity contribution in [2.75, 3.05) is 6.54 Å². The summed E-state index contributed by atoms with van der Waals surface area (Å²) in [4.78, 5) is 14.5. The molecule has 2 aromatic rings. The van der Waals surface area contributed by atoms with Crippen LogP contribution in [0.5, 0.6) is 0 Å². The third-order valence-corrected chi connectivity index (χ3v) is 3.14. The number of hydrogen-bond acceptors (Lipinski definition) is 4. The Kier molecular flexibility index (Phi) is 4.79. The predicted molar refractivity (Wildman–Crippen MR) is 77.5 cm³/mol. The zero-order valence-corrected chi connectivity index (χ0v) is 11.3. The molecule has 1 unspecified atom stereocenters. The van der Waals surface area contributed by atoms with Gasteiger partial charge >= 0.3 is 0 Å². The van der Waals surface area contributed by atoms with Crippen molar-refractivity contribution in [1.82, 2.24) is 10.3 Å². The van der Waals surface area contributed by atoms with Crippen molar-refractivity contribution >= 4 is 5.69 Å². The number of non-ortho nitro benzene ring substituents is 1. The van der Waals surface area contributed by atoms with E-state index in [1.54, 1.807) is 18.3 Å². The molecule has 1 atom stereocenters. The fraction of sp³-hybridized carbons (Fsp3) is 0.267. The third kappa shape index (κ3) is 3.86. The maximum absolute atomic E-state index is 10.6. The fourth-order valence-electron chi connectivity index (χ4n) is 1.95. The van der Waals surface area contributed by atoms with Gasteiger partial charge in [0.05, 0.1) is 10.6 Å². The van der Waals surface area contributed by atoms with E-state index in [0.29, 0.717) is 0 Å².